The van der Waals surface area contributed by atoms with Crippen LogP contribution in [0.5, 0.6) is 0 Å². The number of aliphatic hydroxyl groups is 1. The molecule has 0 radical (unpaired) electrons. The first-order valence-electron chi connectivity index (χ1n) is 17.5. The number of allylic oxidation sites excluding steroid dienone is 1. The number of nitroso groups, excluding NO2 is 1. The maximum atomic E-state index is 12.7. The third-order valence-corrected chi connectivity index (χ3v) is 9.79. The summed E-state index contributed by atoms with van der Waals surface area (Å²) in [5.74, 6) is 6.33. The minimum atomic E-state index is -0.269. The molecule has 4 N–H and O–H groups in total. The van der Waals surface area contributed by atoms with Gasteiger partial charge in [-0.25, -0.2) is 4.39 Å². The van der Waals surface area contributed by atoms with Crippen molar-refractivity contribution in [2.24, 2.45) is 57.0 Å². The van der Waals surface area contributed by atoms with Gasteiger partial charge >= 0.3 is 0 Å². The number of rotatable bonds is 9. The van der Waals surface area contributed by atoms with Gasteiger partial charge < -0.3 is 16.2 Å². The fourth-order valence-corrected chi connectivity index (χ4v) is 7.54. The van der Waals surface area contributed by atoms with Crippen LogP contribution in [0.15, 0.2) is 40.9 Å². The van der Waals surface area contributed by atoms with Crippen molar-refractivity contribution in [2.75, 3.05) is 7.11 Å². The van der Waals surface area contributed by atoms with E-state index in [9.17, 15) is 9.18 Å². The van der Waals surface area contributed by atoms with Crippen LogP contribution in [-0.2, 0) is 0 Å². The lowest BCUT2D eigenvalue weighted by Crippen LogP contribution is -2.54. The highest BCUT2D eigenvalue weighted by Crippen LogP contribution is 2.66. The Bertz CT molecular complexity index is 1150. The molecule has 1 aromatic carbocycles. The summed E-state index contributed by atoms with van der Waals surface area (Å²) < 4.78 is 12.7. The van der Waals surface area contributed by atoms with Gasteiger partial charge in [0.05, 0.1) is 5.29 Å². The van der Waals surface area contributed by atoms with E-state index in [-0.39, 0.29) is 17.4 Å². The Kier molecular flexibility index (Phi) is 23.8. The Balaban J connectivity index is 0. The average Bonchev–Trinajstić information content (AvgIpc) is 3.45. The summed E-state index contributed by atoms with van der Waals surface area (Å²) in [7, 11) is 1.00. The van der Waals surface area contributed by atoms with Crippen molar-refractivity contribution in [3.8, 4) is 12.8 Å². The Morgan fingerprint density at radius 2 is 1.71 bits per heavy atom. The molecule has 5 rings (SSSR count). The number of nitrogens with two attached hydrogens (primary N) is 1. The molecule has 0 spiro atoms. The number of Topliss-reactive ketones (excluding diaryl/α,β-unsaturated/α-hetero) is 1. The molecule has 0 aromatic heterocycles. The van der Waals surface area contributed by atoms with E-state index in [2.05, 4.69) is 90.5 Å². The summed E-state index contributed by atoms with van der Waals surface area (Å²) in [6, 6.07) is 4.36. The highest BCUT2D eigenvalue weighted by molar-refractivity contribution is 6.61. The van der Waals surface area contributed by atoms with Crippen LogP contribution < -0.4 is 11.1 Å². The third kappa shape index (κ3) is 16.4. The van der Waals surface area contributed by atoms with E-state index in [0.29, 0.717) is 22.5 Å². The normalized spacial score (nSPS) is 21.6. The van der Waals surface area contributed by atoms with E-state index in [1.165, 1.54) is 70.7 Å². The SMILES string of the molecule is C#C.C/C(N)=N\N=O.C=C(C)NC(CC(C)C)B1CC2CC3CC([C@@H]2C1)C3(C)C.CC(=O)c1ccc(F)c(C)c1.CCCC(C)C.CO. The van der Waals surface area contributed by atoms with Gasteiger partial charge in [-0.3, -0.25) is 4.79 Å². The molecule has 3 saturated carbocycles. The number of ketones is 1. The van der Waals surface area contributed by atoms with Gasteiger partial charge in [-0.1, -0.05) is 85.6 Å². The lowest BCUT2D eigenvalue weighted by Gasteiger charge is -2.61. The van der Waals surface area contributed by atoms with Crippen LogP contribution in [0.1, 0.15) is 117 Å². The van der Waals surface area contributed by atoms with Gasteiger partial charge in [0.15, 0.2) is 12.5 Å². The third-order valence-electron chi connectivity index (χ3n) is 9.79. The molecular formula is C39H68BFN4O3. The number of nitrogens with one attached hydrogen (secondary N) is 1. The van der Waals surface area contributed by atoms with Crippen molar-refractivity contribution in [3.63, 3.8) is 0 Å². The number of halogens is 1. The number of aryl methyl sites for hydroxylation is 1. The van der Waals surface area contributed by atoms with Crippen molar-refractivity contribution in [2.45, 2.75) is 127 Å². The predicted molar refractivity (Wildman–Crippen MR) is 206 cm³/mol. The van der Waals surface area contributed by atoms with Crippen molar-refractivity contribution in [1.29, 1.82) is 0 Å². The van der Waals surface area contributed by atoms with Crippen LogP contribution >= 0.6 is 0 Å². The molecule has 272 valence electrons. The number of aliphatic hydroxyl groups excluding tert-OH is 1. The number of hydrogen-bond donors (Lipinski definition) is 3. The summed E-state index contributed by atoms with van der Waals surface area (Å²) in [4.78, 5) is 19.9. The molecule has 1 heterocycles. The molecule has 3 aliphatic carbocycles. The molecule has 2 bridgehead atoms. The summed E-state index contributed by atoms with van der Waals surface area (Å²) in [5.41, 5.74) is 7.73. The first-order valence-corrected chi connectivity index (χ1v) is 17.5. The number of hydrogen-bond acceptors (Lipinski definition) is 5. The minimum Gasteiger partial charge on any atom is -0.400 e. The fraction of sp³-hybridized carbons (Fsp3) is 0.692. The molecule has 4 aliphatic rings. The van der Waals surface area contributed by atoms with E-state index in [0.717, 1.165) is 55.0 Å². The van der Waals surface area contributed by atoms with Gasteiger partial charge in [0.25, 0.3) is 0 Å². The molecule has 1 aromatic rings. The van der Waals surface area contributed by atoms with Crippen LogP contribution in [-0.4, -0.2) is 36.5 Å². The van der Waals surface area contributed by atoms with E-state index in [1.54, 1.807) is 13.0 Å². The summed E-state index contributed by atoms with van der Waals surface area (Å²) in [6.07, 6.45) is 18.0. The van der Waals surface area contributed by atoms with Crippen LogP contribution in [0, 0.1) is 71.4 Å². The van der Waals surface area contributed by atoms with Gasteiger partial charge in [-0.15, -0.1) is 17.8 Å². The number of carbonyl (C=O) groups is 1. The predicted octanol–water partition coefficient (Wildman–Crippen LogP) is 9.55. The highest BCUT2D eigenvalue weighted by Gasteiger charge is 2.60. The Hall–Kier alpha value is -2.99. The fourth-order valence-electron chi connectivity index (χ4n) is 7.54. The minimum absolute atomic E-state index is 0.0342. The summed E-state index contributed by atoms with van der Waals surface area (Å²) >= 11 is 0. The topological polar surface area (TPSA) is 117 Å². The molecule has 7 nitrogen and oxygen atoms in total. The Morgan fingerprint density at radius 1 is 1.12 bits per heavy atom. The molecule has 4 fully saturated rings. The van der Waals surface area contributed by atoms with Crippen molar-refractivity contribution >= 4 is 18.3 Å². The molecule has 4 unspecified atom stereocenters. The molecule has 1 saturated heterocycles. The van der Waals surface area contributed by atoms with E-state index < -0.39 is 0 Å². The zero-order chi connectivity index (χ0) is 37.8. The van der Waals surface area contributed by atoms with E-state index in [4.69, 9.17) is 15.7 Å². The maximum absolute atomic E-state index is 12.7. The molecule has 9 heteroatoms. The first-order chi connectivity index (χ1) is 22.4. The second-order valence-corrected chi connectivity index (χ2v) is 14.9. The van der Waals surface area contributed by atoms with Crippen LogP contribution in [0.25, 0.3) is 0 Å². The molecule has 48 heavy (non-hydrogen) atoms. The number of benzene rings is 1. The van der Waals surface area contributed by atoms with Crippen LogP contribution in [0.4, 0.5) is 4.39 Å². The lowest BCUT2D eigenvalue weighted by molar-refractivity contribution is -0.120. The first kappa shape index (κ1) is 47.1. The zero-order valence-electron chi connectivity index (χ0n) is 32.3. The second kappa shape index (κ2) is 24.2. The number of amidine groups is 1. The van der Waals surface area contributed by atoms with Crippen LogP contribution in [0.2, 0.25) is 12.6 Å². The zero-order valence-corrected chi connectivity index (χ0v) is 32.3. The van der Waals surface area contributed by atoms with Crippen molar-refractivity contribution in [1.82, 2.24) is 5.32 Å². The lowest BCUT2D eigenvalue weighted by atomic mass is 9.40. The molecule has 1 aliphatic heterocycles. The van der Waals surface area contributed by atoms with Crippen molar-refractivity contribution in [3.05, 3.63) is 52.3 Å². The van der Waals surface area contributed by atoms with Gasteiger partial charge in [0.2, 0.25) is 0 Å². The smallest absolute Gasteiger partial charge is 0.167 e. The summed E-state index contributed by atoms with van der Waals surface area (Å²) in [6.45, 7) is 28.2. The molecular weight excluding hydrogens is 602 g/mol. The van der Waals surface area contributed by atoms with Gasteiger partial charge in [0.1, 0.15) is 11.7 Å². The Labute approximate surface area is 293 Å². The van der Waals surface area contributed by atoms with Crippen LogP contribution in [0.3, 0.4) is 0 Å². The number of nitrogens with zero attached hydrogens (tertiary/aromatic N) is 2. The average molecular weight is 671 g/mol. The number of terminal acetylenes is 1. The Morgan fingerprint density at radius 3 is 2.06 bits per heavy atom. The van der Waals surface area contributed by atoms with E-state index >= 15 is 0 Å². The van der Waals surface area contributed by atoms with E-state index in [1.807, 2.05) is 0 Å². The quantitative estimate of drug-likeness (QED) is 0.0460. The van der Waals surface area contributed by atoms with Gasteiger partial charge in [-0.05, 0) is 117 Å². The van der Waals surface area contributed by atoms with Gasteiger partial charge in [-0.2, -0.15) is 0 Å². The monoisotopic (exact) mass is 671 g/mol. The highest BCUT2D eigenvalue weighted by atomic mass is 19.1. The van der Waals surface area contributed by atoms with Crippen molar-refractivity contribution < 1.29 is 14.3 Å². The second-order valence-electron chi connectivity index (χ2n) is 14.9. The maximum Gasteiger partial charge on any atom is 0.167 e. The van der Waals surface area contributed by atoms with Gasteiger partial charge in [0, 0.05) is 18.6 Å². The number of carbonyl (C=O) groups excluding carboxylic acids is 1. The summed E-state index contributed by atoms with van der Waals surface area (Å²) in [5, 5.41) is 15.8. The largest absolute Gasteiger partial charge is 0.400 e. The standard InChI is InChI=1S/C19H34BN.C9H9FO.C6H14.C2H5N3O.C2H2.CH4O/c1-12(2)7-18(21-13(3)4)20-10-14-8-15-9-17(16(14)11-20)19(15,5)6;1-6-5-8(7(2)11)3-4-9(6)10;1-4-5-6(2)3;1-2(3)4-5-6;2*1-2/h12,14-18,21H,3,7-11H2,1-2,4-6H3;3-5H,1-2H3;6H,4-5H2,1-3H3;1H3,(H2,3,4,6);1-2H;2H,1H3/t14?,15?,16-,17?,18?;;;;;/m1...../s1. The molecule has 5 atom stereocenters. The molecule has 0 amide bonds.